The lowest BCUT2D eigenvalue weighted by atomic mass is 9.95. The molecule has 1 atom stereocenters. The molecule has 0 aromatic carbocycles. The number of carboxylic acids is 1. The lowest BCUT2D eigenvalue weighted by Gasteiger charge is -2.15. The minimum atomic E-state index is -0.895. The molecule has 0 bridgehead atoms. The van der Waals surface area contributed by atoms with Gasteiger partial charge in [0.1, 0.15) is 6.04 Å². The van der Waals surface area contributed by atoms with Gasteiger partial charge in [-0.3, -0.25) is 4.79 Å². The molecule has 0 aromatic rings. The van der Waals surface area contributed by atoms with E-state index >= 15 is 0 Å². The summed E-state index contributed by atoms with van der Waals surface area (Å²) in [4.78, 5) is 10.3. The highest BCUT2D eigenvalue weighted by Gasteiger charge is 2.20. The van der Waals surface area contributed by atoms with Gasteiger partial charge in [0.15, 0.2) is 0 Å². The quantitative estimate of drug-likeness (QED) is 0.761. The first kappa shape index (κ1) is 13.5. The normalized spacial score (nSPS) is 12.4. The summed E-state index contributed by atoms with van der Waals surface area (Å²) in [6.45, 7) is 3.91. The third-order valence-electron chi connectivity index (χ3n) is 1.84. The Morgan fingerprint density at radius 1 is 1.45 bits per heavy atom. The molecular formula is C7H16BrNO2. The first-order chi connectivity index (χ1) is 4.63. The fourth-order valence-corrected chi connectivity index (χ4v) is 0.998. The predicted molar refractivity (Wildman–Crippen MR) is 50.0 cm³/mol. The maximum atomic E-state index is 10.3. The van der Waals surface area contributed by atoms with Crippen molar-refractivity contribution in [2.75, 3.05) is 0 Å². The van der Waals surface area contributed by atoms with E-state index in [0.717, 1.165) is 12.8 Å². The SMILES string of the molecule is Br.CCC(CC)C(N)C(=O)O. The van der Waals surface area contributed by atoms with Gasteiger partial charge in [-0.1, -0.05) is 26.7 Å². The Balaban J connectivity index is 0. The smallest absolute Gasteiger partial charge is 0.320 e. The summed E-state index contributed by atoms with van der Waals surface area (Å²) in [5.74, 6) is -0.772. The number of halogens is 1. The van der Waals surface area contributed by atoms with Crippen LogP contribution in [0.1, 0.15) is 26.7 Å². The zero-order chi connectivity index (χ0) is 8.15. The van der Waals surface area contributed by atoms with Gasteiger partial charge < -0.3 is 10.8 Å². The van der Waals surface area contributed by atoms with E-state index in [2.05, 4.69) is 0 Å². The molecule has 0 saturated carbocycles. The van der Waals surface area contributed by atoms with Crippen molar-refractivity contribution in [3.63, 3.8) is 0 Å². The summed E-state index contributed by atoms with van der Waals surface area (Å²) in [6, 6.07) is -0.685. The largest absolute Gasteiger partial charge is 0.480 e. The Labute approximate surface area is 77.7 Å². The van der Waals surface area contributed by atoms with Crippen molar-refractivity contribution >= 4 is 23.0 Å². The minimum absolute atomic E-state index is 0. The van der Waals surface area contributed by atoms with Crippen LogP contribution in [0.3, 0.4) is 0 Å². The van der Waals surface area contributed by atoms with Crippen LogP contribution in [0.5, 0.6) is 0 Å². The summed E-state index contributed by atoms with van der Waals surface area (Å²) in [5, 5.41) is 8.49. The standard InChI is InChI=1S/C7H15NO2.BrH/c1-3-5(4-2)6(8)7(9)10;/h5-6H,3-4,8H2,1-2H3,(H,9,10);1H. The lowest BCUT2D eigenvalue weighted by molar-refractivity contribution is -0.139. The second-order valence-electron chi connectivity index (χ2n) is 2.44. The second-order valence-corrected chi connectivity index (χ2v) is 2.44. The van der Waals surface area contributed by atoms with Crippen molar-refractivity contribution in [3.8, 4) is 0 Å². The molecule has 0 aliphatic rings. The lowest BCUT2D eigenvalue weighted by Crippen LogP contribution is -2.37. The van der Waals surface area contributed by atoms with E-state index < -0.39 is 12.0 Å². The predicted octanol–water partition coefficient (Wildman–Crippen LogP) is 1.41. The summed E-state index contributed by atoms with van der Waals surface area (Å²) < 4.78 is 0. The summed E-state index contributed by atoms with van der Waals surface area (Å²) in [7, 11) is 0. The van der Waals surface area contributed by atoms with Crippen molar-refractivity contribution in [1.82, 2.24) is 0 Å². The molecule has 0 aromatic heterocycles. The first-order valence-corrected chi connectivity index (χ1v) is 3.61. The fourth-order valence-electron chi connectivity index (χ4n) is 0.998. The third kappa shape index (κ3) is 4.37. The number of hydrogen-bond acceptors (Lipinski definition) is 2. The van der Waals surface area contributed by atoms with Gasteiger partial charge in [0.05, 0.1) is 0 Å². The zero-order valence-electron chi connectivity index (χ0n) is 6.91. The molecule has 0 aliphatic heterocycles. The number of aliphatic carboxylic acids is 1. The Morgan fingerprint density at radius 2 is 1.82 bits per heavy atom. The molecule has 0 amide bonds. The van der Waals surface area contributed by atoms with Crippen molar-refractivity contribution in [2.45, 2.75) is 32.7 Å². The van der Waals surface area contributed by atoms with Crippen LogP contribution in [-0.4, -0.2) is 17.1 Å². The van der Waals surface area contributed by atoms with Crippen LogP contribution < -0.4 is 5.73 Å². The van der Waals surface area contributed by atoms with Gasteiger partial charge in [0, 0.05) is 0 Å². The van der Waals surface area contributed by atoms with Gasteiger partial charge in [0.25, 0.3) is 0 Å². The molecule has 3 nitrogen and oxygen atoms in total. The first-order valence-electron chi connectivity index (χ1n) is 3.61. The molecule has 0 fully saturated rings. The number of rotatable bonds is 4. The van der Waals surface area contributed by atoms with E-state index in [4.69, 9.17) is 10.8 Å². The molecule has 0 radical (unpaired) electrons. The number of carbonyl (C=O) groups is 1. The molecule has 0 spiro atoms. The van der Waals surface area contributed by atoms with Crippen LogP contribution in [0.2, 0.25) is 0 Å². The molecule has 3 N–H and O–H groups in total. The van der Waals surface area contributed by atoms with Crippen molar-refractivity contribution in [1.29, 1.82) is 0 Å². The zero-order valence-corrected chi connectivity index (χ0v) is 8.62. The molecule has 68 valence electrons. The van der Waals surface area contributed by atoms with E-state index in [-0.39, 0.29) is 22.9 Å². The van der Waals surface area contributed by atoms with Crippen LogP contribution >= 0.6 is 17.0 Å². The average Bonchev–Trinajstić information content (AvgIpc) is 1.90. The topological polar surface area (TPSA) is 63.3 Å². The van der Waals surface area contributed by atoms with E-state index in [9.17, 15) is 4.79 Å². The van der Waals surface area contributed by atoms with Gasteiger partial charge in [-0.2, -0.15) is 0 Å². The van der Waals surface area contributed by atoms with Crippen LogP contribution in [0.4, 0.5) is 0 Å². The summed E-state index contributed by atoms with van der Waals surface area (Å²) in [6.07, 6.45) is 1.67. The number of carboxylic acid groups (broad SMARTS) is 1. The molecule has 0 rings (SSSR count). The highest BCUT2D eigenvalue weighted by molar-refractivity contribution is 8.93. The average molecular weight is 226 g/mol. The highest BCUT2D eigenvalue weighted by Crippen LogP contribution is 2.10. The second kappa shape index (κ2) is 6.61. The number of hydrogen-bond donors (Lipinski definition) is 2. The van der Waals surface area contributed by atoms with E-state index in [0.29, 0.717) is 0 Å². The van der Waals surface area contributed by atoms with Crippen LogP contribution in [0, 0.1) is 5.92 Å². The van der Waals surface area contributed by atoms with Gasteiger partial charge in [0.2, 0.25) is 0 Å². The van der Waals surface area contributed by atoms with E-state index in [1.807, 2.05) is 13.8 Å². The fraction of sp³-hybridized carbons (Fsp3) is 0.857. The maximum absolute atomic E-state index is 10.3. The minimum Gasteiger partial charge on any atom is -0.480 e. The van der Waals surface area contributed by atoms with E-state index in [1.54, 1.807) is 0 Å². The Bertz CT molecular complexity index is 115. The van der Waals surface area contributed by atoms with Crippen LogP contribution in [-0.2, 0) is 4.79 Å². The Hall–Kier alpha value is -0.0900. The van der Waals surface area contributed by atoms with Crippen molar-refractivity contribution in [3.05, 3.63) is 0 Å². The summed E-state index contributed by atoms with van der Waals surface area (Å²) in [5.41, 5.74) is 5.38. The monoisotopic (exact) mass is 225 g/mol. The van der Waals surface area contributed by atoms with Gasteiger partial charge >= 0.3 is 5.97 Å². The summed E-state index contributed by atoms with van der Waals surface area (Å²) >= 11 is 0. The van der Waals surface area contributed by atoms with Gasteiger partial charge in [-0.05, 0) is 5.92 Å². The van der Waals surface area contributed by atoms with Crippen molar-refractivity contribution in [2.24, 2.45) is 11.7 Å². The molecule has 4 heteroatoms. The highest BCUT2D eigenvalue weighted by atomic mass is 79.9. The molecule has 11 heavy (non-hydrogen) atoms. The van der Waals surface area contributed by atoms with Crippen LogP contribution in [0.15, 0.2) is 0 Å². The van der Waals surface area contributed by atoms with E-state index in [1.165, 1.54) is 0 Å². The molecule has 1 unspecified atom stereocenters. The van der Waals surface area contributed by atoms with Crippen LogP contribution in [0.25, 0.3) is 0 Å². The molecular weight excluding hydrogens is 210 g/mol. The van der Waals surface area contributed by atoms with Crippen molar-refractivity contribution < 1.29 is 9.90 Å². The third-order valence-corrected chi connectivity index (χ3v) is 1.84. The Morgan fingerprint density at radius 3 is 1.91 bits per heavy atom. The molecule has 0 aliphatic carbocycles. The Kier molecular flexibility index (Phi) is 8.11. The maximum Gasteiger partial charge on any atom is 0.320 e. The molecule has 0 saturated heterocycles. The van der Waals surface area contributed by atoms with Gasteiger partial charge in [-0.15, -0.1) is 17.0 Å². The number of nitrogens with two attached hydrogens (primary N) is 1. The van der Waals surface area contributed by atoms with Gasteiger partial charge in [-0.25, -0.2) is 0 Å². The molecule has 0 heterocycles.